The van der Waals surface area contributed by atoms with E-state index in [1.54, 1.807) is 6.07 Å². The summed E-state index contributed by atoms with van der Waals surface area (Å²) in [5, 5.41) is 3.02. The summed E-state index contributed by atoms with van der Waals surface area (Å²) >= 11 is 1.41. The van der Waals surface area contributed by atoms with E-state index < -0.39 is 29.4 Å². The molecule has 0 radical (unpaired) electrons. The van der Waals surface area contributed by atoms with Crippen LogP contribution in [0.4, 0.5) is 18.9 Å². The lowest BCUT2D eigenvalue weighted by molar-refractivity contribution is -0.0543. The molecule has 1 saturated heterocycles. The molecule has 11 heteroatoms. The van der Waals surface area contributed by atoms with Gasteiger partial charge in [0, 0.05) is 29.3 Å². The highest BCUT2D eigenvalue weighted by molar-refractivity contribution is 8.13. The Morgan fingerprint density at radius 1 is 1.38 bits per heavy atom. The maximum Gasteiger partial charge on any atom is 0.281 e. The number of amides is 1. The van der Waals surface area contributed by atoms with Gasteiger partial charge in [-0.3, -0.25) is 14.8 Å². The molecule has 2 aliphatic heterocycles. The summed E-state index contributed by atoms with van der Waals surface area (Å²) in [5.41, 5.74) is 5.16. The van der Waals surface area contributed by atoms with Crippen LogP contribution in [0, 0.1) is 11.7 Å². The fourth-order valence-corrected chi connectivity index (χ4v) is 5.02. The first-order valence-electron chi connectivity index (χ1n) is 10.1. The number of carbonyl (C=O) groups excluding carboxylic acids is 1. The van der Waals surface area contributed by atoms with Crippen molar-refractivity contribution in [1.82, 2.24) is 9.97 Å². The van der Waals surface area contributed by atoms with Crippen molar-refractivity contribution in [2.24, 2.45) is 16.6 Å². The predicted octanol–water partition coefficient (Wildman–Crippen LogP) is 3.88. The highest BCUT2D eigenvalue weighted by atomic mass is 32.2. The van der Waals surface area contributed by atoms with E-state index in [1.165, 1.54) is 23.9 Å². The first kappa shape index (κ1) is 22.5. The van der Waals surface area contributed by atoms with Gasteiger partial charge in [-0.1, -0.05) is 18.7 Å². The van der Waals surface area contributed by atoms with Gasteiger partial charge in [0.15, 0.2) is 5.17 Å². The first-order valence-corrected chi connectivity index (χ1v) is 11.1. The molecule has 4 rings (SSSR count). The number of rotatable bonds is 5. The number of aromatic nitrogens is 2. The number of amidine groups is 1. The standard InChI is InChI=1S/C21H22F3N5O2S/c1-2-13-6-21(11(9-31-13)10-32-20(25)29-21)14-5-12(3-4-15(14)22)28-19(30)17-8-26-16(7-27-17)18(23)24/h3-5,7-8,11,13,18H,2,6,9-10H2,1H3,(H2,25,29)(H,28,30)/t11-,13-,21-/m0/s1. The second-order valence-corrected chi connectivity index (χ2v) is 8.77. The van der Waals surface area contributed by atoms with Crippen LogP contribution in [0.5, 0.6) is 0 Å². The molecular weight excluding hydrogens is 443 g/mol. The highest BCUT2D eigenvalue weighted by Gasteiger charge is 2.49. The number of thioether (sulfide) groups is 1. The number of fused-ring (bicyclic) bond motifs is 1. The number of halogens is 3. The third-order valence-corrected chi connectivity index (χ3v) is 6.72. The number of hydrogen-bond donors (Lipinski definition) is 2. The van der Waals surface area contributed by atoms with Gasteiger partial charge < -0.3 is 15.8 Å². The average Bonchev–Trinajstić information content (AvgIpc) is 2.79. The Bertz CT molecular complexity index is 1040. The SMILES string of the molecule is CC[C@H]1C[C@]2(c3cc(NC(=O)c4cnc(C(F)F)cn4)ccc3F)N=C(N)SC[C@@H]2CO1. The van der Waals surface area contributed by atoms with Crippen molar-refractivity contribution in [1.29, 1.82) is 0 Å². The van der Waals surface area contributed by atoms with E-state index in [1.807, 2.05) is 6.92 Å². The molecule has 32 heavy (non-hydrogen) atoms. The third kappa shape index (κ3) is 4.31. The van der Waals surface area contributed by atoms with E-state index in [0.717, 1.165) is 18.8 Å². The molecule has 0 spiro atoms. The van der Waals surface area contributed by atoms with Gasteiger partial charge in [-0.15, -0.1) is 0 Å². The zero-order valence-corrected chi connectivity index (χ0v) is 18.0. The molecule has 3 N–H and O–H groups in total. The summed E-state index contributed by atoms with van der Waals surface area (Å²) in [7, 11) is 0. The van der Waals surface area contributed by atoms with Gasteiger partial charge in [-0.25, -0.2) is 18.2 Å². The summed E-state index contributed by atoms with van der Waals surface area (Å²) in [6, 6.07) is 4.24. The van der Waals surface area contributed by atoms with Crippen LogP contribution in [-0.2, 0) is 10.3 Å². The number of anilines is 1. The molecule has 0 saturated carbocycles. The molecule has 1 fully saturated rings. The van der Waals surface area contributed by atoms with E-state index in [9.17, 15) is 13.6 Å². The number of carbonyl (C=O) groups is 1. The lowest BCUT2D eigenvalue weighted by Crippen LogP contribution is -2.49. The second-order valence-electron chi connectivity index (χ2n) is 7.73. The summed E-state index contributed by atoms with van der Waals surface area (Å²) in [4.78, 5) is 24.5. The maximum atomic E-state index is 15.1. The van der Waals surface area contributed by atoms with Crippen LogP contribution < -0.4 is 11.1 Å². The minimum Gasteiger partial charge on any atom is -0.379 e. The maximum absolute atomic E-state index is 15.1. The van der Waals surface area contributed by atoms with Gasteiger partial charge in [0.25, 0.3) is 12.3 Å². The van der Waals surface area contributed by atoms with Crippen LogP contribution in [0.1, 0.15) is 47.9 Å². The first-order chi connectivity index (χ1) is 15.3. The molecule has 1 aromatic heterocycles. The minimum absolute atomic E-state index is 0.0733. The van der Waals surface area contributed by atoms with Crippen LogP contribution in [0.3, 0.4) is 0 Å². The number of alkyl halides is 2. The van der Waals surface area contributed by atoms with Crippen molar-refractivity contribution in [3.05, 3.63) is 53.4 Å². The van der Waals surface area contributed by atoms with Gasteiger partial charge in [-0.05, 0) is 24.6 Å². The number of ether oxygens (including phenoxy) is 1. The fraction of sp³-hybridized carbons (Fsp3) is 0.429. The summed E-state index contributed by atoms with van der Waals surface area (Å²) in [5.74, 6) is -0.524. The highest BCUT2D eigenvalue weighted by Crippen LogP contribution is 2.48. The van der Waals surface area contributed by atoms with E-state index in [2.05, 4.69) is 15.3 Å². The van der Waals surface area contributed by atoms with E-state index in [0.29, 0.717) is 35.2 Å². The molecule has 1 amide bonds. The molecule has 1 aromatic carbocycles. The Balaban J connectivity index is 1.66. The molecule has 0 bridgehead atoms. The van der Waals surface area contributed by atoms with Crippen LogP contribution in [-0.4, -0.2) is 39.5 Å². The monoisotopic (exact) mass is 465 g/mol. The zero-order valence-electron chi connectivity index (χ0n) is 17.2. The van der Waals surface area contributed by atoms with Crippen molar-refractivity contribution < 1.29 is 22.7 Å². The van der Waals surface area contributed by atoms with Crippen molar-refractivity contribution in [2.75, 3.05) is 17.7 Å². The fourth-order valence-electron chi connectivity index (χ4n) is 4.05. The number of nitrogens with two attached hydrogens (primary N) is 1. The zero-order chi connectivity index (χ0) is 22.9. The number of aliphatic imine (C=N–C) groups is 1. The molecule has 2 aromatic rings. The molecular formula is C21H22F3N5O2S. The van der Waals surface area contributed by atoms with Crippen molar-refractivity contribution in [2.45, 2.75) is 37.8 Å². The van der Waals surface area contributed by atoms with Crippen molar-refractivity contribution in [3.63, 3.8) is 0 Å². The Morgan fingerprint density at radius 2 is 2.19 bits per heavy atom. The molecule has 0 aliphatic carbocycles. The lowest BCUT2D eigenvalue weighted by atomic mass is 9.73. The largest absolute Gasteiger partial charge is 0.379 e. The van der Waals surface area contributed by atoms with Crippen LogP contribution in [0.2, 0.25) is 0 Å². The molecule has 3 heterocycles. The minimum atomic E-state index is -2.78. The Labute approximate surface area is 187 Å². The Hall–Kier alpha value is -2.66. The van der Waals surface area contributed by atoms with E-state index in [4.69, 9.17) is 15.5 Å². The van der Waals surface area contributed by atoms with Crippen molar-refractivity contribution >= 4 is 28.5 Å². The van der Waals surface area contributed by atoms with Gasteiger partial charge in [-0.2, -0.15) is 0 Å². The summed E-state index contributed by atoms with van der Waals surface area (Å²) < 4.78 is 46.3. The van der Waals surface area contributed by atoms with E-state index >= 15 is 4.39 Å². The number of benzene rings is 1. The summed E-state index contributed by atoms with van der Waals surface area (Å²) in [6.45, 7) is 2.43. The van der Waals surface area contributed by atoms with Gasteiger partial charge in [0.2, 0.25) is 0 Å². The van der Waals surface area contributed by atoms with Gasteiger partial charge in [0.05, 0.1) is 30.6 Å². The molecule has 3 atom stereocenters. The van der Waals surface area contributed by atoms with Gasteiger partial charge in [0.1, 0.15) is 17.2 Å². The number of nitrogens with one attached hydrogen (secondary N) is 1. The van der Waals surface area contributed by atoms with Crippen LogP contribution in [0.15, 0.2) is 35.6 Å². The molecule has 170 valence electrons. The second kappa shape index (κ2) is 9.07. The normalized spacial score (nSPS) is 25.2. The topological polar surface area (TPSA) is 102 Å². The van der Waals surface area contributed by atoms with Gasteiger partial charge >= 0.3 is 0 Å². The van der Waals surface area contributed by atoms with Crippen LogP contribution >= 0.6 is 11.8 Å². The number of hydrogen-bond acceptors (Lipinski definition) is 7. The molecule has 2 aliphatic rings. The Morgan fingerprint density at radius 3 is 2.88 bits per heavy atom. The lowest BCUT2D eigenvalue weighted by Gasteiger charge is -2.46. The van der Waals surface area contributed by atoms with Crippen LogP contribution in [0.25, 0.3) is 0 Å². The average molecular weight is 466 g/mol. The Kier molecular flexibility index (Phi) is 6.38. The summed E-state index contributed by atoms with van der Waals surface area (Å²) in [6.07, 6.45) is 0.186. The third-order valence-electron chi connectivity index (χ3n) is 5.76. The van der Waals surface area contributed by atoms with Crippen molar-refractivity contribution in [3.8, 4) is 0 Å². The quantitative estimate of drug-likeness (QED) is 0.695. The van der Waals surface area contributed by atoms with E-state index in [-0.39, 0.29) is 17.7 Å². The smallest absolute Gasteiger partial charge is 0.281 e. The molecule has 7 nitrogen and oxygen atoms in total. The number of nitrogens with zero attached hydrogens (tertiary/aromatic N) is 3. The predicted molar refractivity (Wildman–Crippen MR) is 115 cm³/mol. The molecule has 0 unspecified atom stereocenters.